The molecule has 0 spiro atoms. The molecule has 26 heavy (non-hydrogen) atoms. The number of ether oxygens (including phenoxy) is 1. The van der Waals surface area contributed by atoms with Crippen molar-refractivity contribution < 1.29 is 9.53 Å². The van der Waals surface area contributed by atoms with Crippen molar-refractivity contribution in [1.29, 1.82) is 0 Å². The van der Waals surface area contributed by atoms with Gasteiger partial charge in [0.15, 0.2) is 0 Å². The van der Waals surface area contributed by atoms with Crippen LogP contribution in [0.4, 0.5) is 11.5 Å². The second kappa shape index (κ2) is 8.90. The molecule has 2 aromatic rings. The lowest BCUT2D eigenvalue weighted by atomic mass is 10.1. The number of methoxy groups -OCH3 is 1. The molecule has 5 nitrogen and oxygen atoms in total. The summed E-state index contributed by atoms with van der Waals surface area (Å²) in [5.41, 5.74) is 1.12. The fraction of sp³-hybridized carbons (Fsp3) is 0.400. The first-order valence-corrected chi connectivity index (χ1v) is 9.41. The van der Waals surface area contributed by atoms with Crippen molar-refractivity contribution in [2.75, 3.05) is 17.7 Å². The lowest BCUT2D eigenvalue weighted by Gasteiger charge is -2.16. The molecule has 1 aliphatic rings. The number of hydrogen-bond donors (Lipinski definition) is 2. The molecule has 1 aliphatic carbocycles. The van der Waals surface area contributed by atoms with Crippen LogP contribution in [-0.4, -0.2) is 24.0 Å². The maximum atomic E-state index is 12.4. The van der Waals surface area contributed by atoms with Crippen molar-refractivity contribution in [3.05, 3.63) is 47.1 Å². The lowest BCUT2D eigenvalue weighted by molar-refractivity contribution is 0.102. The Kier molecular flexibility index (Phi) is 6.34. The fourth-order valence-corrected chi connectivity index (χ4v) is 3.45. The van der Waals surface area contributed by atoms with E-state index in [1.807, 2.05) is 6.07 Å². The molecule has 6 heteroatoms. The molecule has 2 N–H and O–H groups in total. The molecular formula is C20H24ClN3O2. The number of pyridine rings is 1. The predicted molar refractivity (Wildman–Crippen MR) is 105 cm³/mol. The van der Waals surface area contributed by atoms with Crippen LogP contribution in [0.2, 0.25) is 5.02 Å². The molecule has 0 unspecified atom stereocenters. The summed E-state index contributed by atoms with van der Waals surface area (Å²) in [6.07, 6.45) is 9.13. The summed E-state index contributed by atoms with van der Waals surface area (Å²) in [7, 11) is 1.55. The Morgan fingerprint density at radius 3 is 2.54 bits per heavy atom. The van der Waals surface area contributed by atoms with Crippen molar-refractivity contribution in [3.8, 4) is 5.75 Å². The van der Waals surface area contributed by atoms with Crippen LogP contribution in [0, 0.1) is 0 Å². The third-order valence-electron chi connectivity index (χ3n) is 4.64. The second-order valence-electron chi connectivity index (χ2n) is 6.57. The lowest BCUT2D eigenvalue weighted by Crippen LogP contribution is -2.19. The summed E-state index contributed by atoms with van der Waals surface area (Å²) in [6, 6.07) is 9.25. The molecule has 1 aromatic heterocycles. The molecule has 1 saturated carbocycles. The molecule has 1 aromatic carbocycles. The summed E-state index contributed by atoms with van der Waals surface area (Å²) >= 11 is 6.09. The van der Waals surface area contributed by atoms with Gasteiger partial charge in [-0.15, -0.1) is 0 Å². The number of nitrogens with one attached hydrogen (secondary N) is 2. The monoisotopic (exact) mass is 373 g/mol. The van der Waals surface area contributed by atoms with Crippen LogP contribution in [-0.2, 0) is 0 Å². The molecule has 1 fully saturated rings. The number of nitrogens with zero attached hydrogens (tertiary/aromatic N) is 1. The average Bonchev–Trinajstić information content (AvgIpc) is 2.91. The number of hydrogen-bond acceptors (Lipinski definition) is 4. The van der Waals surface area contributed by atoms with E-state index in [0.29, 0.717) is 28.1 Å². The summed E-state index contributed by atoms with van der Waals surface area (Å²) in [4.78, 5) is 16.8. The quantitative estimate of drug-likeness (QED) is 0.713. The maximum Gasteiger partial charge on any atom is 0.257 e. The van der Waals surface area contributed by atoms with Crippen molar-refractivity contribution in [1.82, 2.24) is 4.98 Å². The van der Waals surface area contributed by atoms with E-state index >= 15 is 0 Å². The van der Waals surface area contributed by atoms with E-state index in [1.54, 1.807) is 37.6 Å². The number of halogens is 1. The van der Waals surface area contributed by atoms with Crippen LogP contribution in [0.15, 0.2) is 36.5 Å². The van der Waals surface area contributed by atoms with Gasteiger partial charge in [0.1, 0.15) is 11.6 Å². The molecule has 3 rings (SSSR count). The molecule has 0 bridgehead atoms. The Labute approximate surface area is 159 Å². The first-order valence-electron chi connectivity index (χ1n) is 9.03. The van der Waals surface area contributed by atoms with Gasteiger partial charge in [0.05, 0.1) is 17.7 Å². The van der Waals surface area contributed by atoms with Crippen LogP contribution in [0.1, 0.15) is 48.9 Å². The zero-order chi connectivity index (χ0) is 18.4. The summed E-state index contributed by atoms with van der Waals surface area (Å²) in [6.45, 7) is 0. The molecule has 0 aliphatic heterocycles. The Bertz CT molecular complexity index is 741. The van der Waals surface area contributed by atoms with E-state index in [0.717, 1.165) is 5.82 Å². The van der Waals surface area contributed by atoms with Gasteiger partial charge in [0.2, 0.25) is 0 Å². The van der Waals surface area contributed by atoms with Gasteiger partial charge in [-0.1, -0.05) is 37.3 Å². The van der Waals surface area contributed by atoms with Crippen molar-refractivity contribution in [2.24, 2.45) is 0 Å². The van der Waals surface area contributed by atoms with Gasteiger partial charge in [-0.3, -0.25) is 4.79 Å². The number of aromatic nitrogens is 1. The zero-order valence-electron chi connectivity index (χ0n) is 14.9. The van der Waals surface area contributed by atoms with Crippen molar-refractivity contribution in [2.45, 2.75) is 44.6 Å². The minimum absolute atomic E-state index is 0.222. The Morgan fingerprint density at radius 2 is 1.92 bits per heavy atom. The number of benzene rings is 1. The van der Waals surface area contributed by atoms with Crippen LogP contribution in [0.3, 0.4) is 0 Å². The fourth-order valence-electron chi connectivity index (χ4n) is 3.19. The molecule has 0 saturated heterocycles. The van der Waals surface area contributed by atoms with E-state index in [4.69, 9.17) is 16.3 Å². The summed E-state index contributed by atoms with van der Waals surface area (Å²) < 4.78 is 5.11. The third kappa shape index (κ3) is 4.88. The highest BCUT2D eigenvalue weighted by atomic mass is 35.5. The minimum Gasteiger partial charge on any atom is -0.495 e. The van der Waals surface area contributed by atoms with E-state index in [-0.39, 0.29) is 5.91 Å². The molecule has 1 amide bonds. The Balaban J connectivity index is 1.60. The highest BCUT2D eigenvalue weighted by Crippen LogP contribution is 2.27. The first-order chi connectivity index (χ1) is 12.7. The standard InChI is InChI=1S/C20H24ClN3O2/c1-26-18-10-9-16(12-17(18)21)24-20(25)14-8-11-19(22-13-14)23-15-6-4-2-3-5-7-15/h8-13,15H,2-7H2,1H3,(H,22,23)(H,24,25). The van der Waals surface area contributed by atoms with Gasteiger partial charge in [-0.05, 0) is 43.2 Å². The van der Waals surface area contributed by atoms with Crippen LogP contribution in [0.5, 0.6) is 5.75 Å². The molecule has 0 radical (unpaired) electrons. The smallest absolute Gasteiger partial charge is 0.257 e. The van der Waals surface area contributed by atoms with Gasteiger partial charge >= 0.3 is 0 Å². The van der Waals surface area contributed by atoms with E-state index < -0.39 is 0 Å². The highest BCUT2D eigenvalue weighted by molar-refractivity contribution is 6.32. The molecular weight excluding hydrogens is 350 g/mol. The van der Waals surface area contributed by atoms with Crippen molar-refractivity contribution in [3.63, 3.8) is 0 Å². The van der Waals surface area contributed by atoms with Gasteiger partial charge < -0.3 is 15.4 Å². The minimum atomic E-state index is -0.222. The summed E-state index contributed by atoms with van der Waals surface area (Å²) in [5, 5.41) is 6.75. The van der Waals surface area contributed by atoms with Crippen LogP contribution < -0.4 is 15.4 Å². The van der Waals surface area contributed by atoms with Gasteiger partial charge in [0.25, 0.3) is 5.91 Å². The number of rotatable bonds is 5. The SMILES string of the molecule is COc1ccc(NC(=O)c2ccc(NC3CCCCCC3)nc2)cc1Cl. The average molecular weight is 374 g/mol. The number of anilines is 2. The Morgan fingerprint density at radius 1 is 1.15 bits per heavy atom. The summed E-state index contributed by atoms with van der Waals surface area (Å²) in [5.74, 6) is 1.17. The van der Waals surface area contributed by atoms with Gasteiger partial charge in [-0.25, -0.2) is 4.98 Å². The van der Waals surface area contributed by atoms with Gasteiger partial charge in [0, 0.05) is 17.9 Å². The normalized spacial score (nSPS) is 15.2. The maximum absolute atomic E-state index is 12.4. The molecule has 1 heterocycles. The predicted octanol–water partition coefficient (Wildman–Crippen LogP) is 5.13. The van der Waals surface area contributed by atoms with Gasteiger partial charge in [-0.2, -0.15) is 0 Å². The first kappa shape index (κ1) is 18.5. The topological polar surface area (TPSA) is 63.2 Å². The molecule has 138 valence electrons. The third-order valence-corrected chi connectivity index (χ3v) is 4.94. The van der Waals surface area contributed by atoms with Crippen LogP contribution >= 0.6 is 11.6 Å². The number of amides is 1. The highest BCUT2D eigenvalue weighted by Gasteiger charge is 2.13. The zero-order valence-corrected chi connectivity index (χ0v) is 15.7. The Hall–Kier alpha value is -2.27. The largest absolute Gasteiger partial charge is 0.495 e. The molecule has 0 atom stereocenters. The van der Waals surface area contributed by atoms with E-state index in [1.165, 1.54) is 38.5 Å². The number of carbonyl (C=O) groups excluding carboxylic acids is 1. The van der Waals surface area contributed by atoms with Crippen LogP contribution in [0.25, 0.3) is 0 Å². The van der Waals surface area contributed by atoms with E-state index in [9.17, 15) is 4.79 Å². The second-order valence-corrected chi connectivity index (χ2v) is 6.98. The van der Waals surface area contributed by atoms with Crippen molar-refractivity contribution >= 4 is 29.0 Å². The number of carbonyl (C=O) groups is 1. The van der Waals surface area contributed by atoms with E-state index in [2.05, 4.69) is 15.6 Å².